The Hall–Kier alpha value is 2.36. The Bertz CT molecular complexity index is 582. The minimum absolute atomic E-state index is 0. The second-order valence-corrected chi connectivity index (χ2v) is 23.2. The molecule has 0 saturated carbocycles. The number of unbranched alkanes of at least 4 members (excludes halogenated alkanes) is 8. The first-order chi connectivity index (χ1) is 19.7. The molecule has 0 fully saturated rings. The van der Waals surface area contributed by atoms with Crippen molar-refractivity contribution in [3.8, 4) is 0 Å². The van der Waals surface area contributed by atoms with Crippen LogP contribution in [0.15, 0.2) is 0 Å². The van der Waals surface area contributed by atoms with E-state index in [1.54, 1.807) is 0 Å². The van der Waals surface area contributed by atoms with Gasteiger partial charge in [0.15, 0.2) is 0 Å². The maximum absolute atomic E-state index is 5.60. The van der Waals surface area contributed by atoms with Crippen LogP contribution < -0.4 is 0 Å². The Morgan fingerprint density at radius 1 is 0.395 bits per heavy atom. The zero-order chi connectivity index (χ0) is 32.3. The SMILES string of the molecule is CC(C)CCCCCOP(=S)([S-])OCCCCCC(C)C.CC(C)CCCCCOP(=S)([S-])OCCCCCC(C)C.[Cu+2]. The van der Waals surface area contributed by atoms with Crippen LogP contribution in [0.1, 0.15) is 158 Å². The molecule has 265 valence electrons. The molecule has 0 aliphatic carbocycles. The summed E-state index contributed by atoms with van der Waals surface area (Å²) in [6.45, 7) is 20.7. The van der Waals surface area contributed by atoms with Gasteiger partial charge in [-0.25, -0.2) is 0 Å². The van der Waals surface area contributed by atoms with Crippen molar-refractivity contribution in [3.05, 3.63) is 0 Å². The van der Waals surface area contributed by atoms with Gasteiger partial charge in [-0.05, 0) is 49.4 Å². The van der Waals surface area contributed by atoms with E-state index in [1.807, 2.05) is 0 Å². The van der Waals surface area contributed by atoms with Gasteiger partial charge in [-0.15, -0.1) is 0 Å². The maximum atomic E-state index is 5.60. The summed E-state index contributed by atoms with van der Waals surface area (Å²) < 4.78 is 22.4. The molecular formula is C32H68CuO4P2S4. The van der Waals surface area contributed by atoms with Gasteiger partial charge in [-0.2, -0.15) is 0 Å². The van der Waals surface area contributed by atoms with Crippen LogP contribution in [0.5, 0.6) is 0 Å². The van der Waals surface area contributed by atoms with Crippen molar-refractivity contribution in [2.45, 2.75) is 158 Å². The van der Waals surface area contributed by atoms with Crippen molar-refractivity contribution in [1.29, 1.82) is 0 Å². The molecule has 43 heavy (non-hydrogen) atoms. The molecule has 0 amide bonds. The number of hydrogen-bond donors (Lipinski definition) is 0. The molecule has 0 aliphatic heterocycles. The summed E-state index contributed by atoms with van der Waals surface area (Å²) in [5, 5.41) is 0. The molecule has 0 N–H and O–H groups in total. The van der Waals surface area contributed by atoms with E-state index in [0.29, 0.717) is 26.4 Å². The van der Waals surface area contributed by atoms with E-state index in [4.69, 9.17) is 66.2 Å². The predicted molar refractivity (Wildman–Crippen MR) is 200 cm³/mol. The van der Waals surface area contributed by atoms with E-state index >= 15 is 0 Å². The van der Waals surface area contributed by atoms with Crippen LogP contribution in [0.4, 0.5) is 0 Å². The van der Waals surface area contributed by atoms with Crippen LogP contribution in [0.2, 0.25) is 0 Å². The van der Waals surface area contributed by atoms with Crippen molar-refractivity contribution >= 4 is 59.5 Å². The summed E-state index contributed by atoms with van der Waals surface area (Å²) in [5.41, 5.74) is -4.82. The Morgan fingerprint density at radius 3 is 0.744 bits per heavy atom. The van der Waals surface area contributed by atoms with E-state index in [9.17, 15) is 0 Å². The van der Waals surface area contributed by atoms with Gasteiger partial charge in [0.05, 0.1) is 37.8 Å². The van der Waals surface area contributed by atoms with Gasteiger partial charge < -0.3 is 42.6 Å². The summed E-state index contributed by atoms with van der Waals surface area (Å²) in [6, 6.07) is 0. The summed E-state index contributed by atoms with van der Waals surface area (Å²) in [4.78, 5) is 0. The molecule has 0 aromatic carbocycles. The first kappa shape index (κ1) is 49.7. The van der Waals surface area contributed by atoms with Crippen molar-refractivity contribution in [1.82, 2.24) is 0 Å². The van der Waals surface area contributed by atoms with E-state index in [0.717, 1.165) is 49.4 Å². The quantitative estimate of drug-likeness (QED) is 0.0337. The van der Waals surface area contributed by atoms with Crippen LogP contribution in [0.3, 0.4) is 0 Å². The van der Waals surface area contributed by atoms with Gasteiger partial charge in [-0.3, -0.25) is 0 Å². The van der Waals surface area contributed by atoms with E-state index in [-0.39, 0.29) is 17.1 Å². The third kappa shape index (κ3) is 44.4. The molecule has 0 heterocycles. The normalized spacial score (nSPS) is 12.2. The smallest absolute Gasteiger partial charge is 0.691 e. The monoisotopic (exact) mass is 769 g/mol. The van der Waals surface area contributed by atoms with Gasteiger partial charge in [-0.1, -0.05) is 156 Å². The molecule has 0 bridgehead atoms. The topological polar surface area (TPSA) is 36.9 Å². The first-order valence-corrected chi connectivity index (χ1v) is 24.2. The van der Waals surface area contributed by atoms with Gasteiger partial charge in [0.25, 0.3) is 0 Å². The zero-order valence-electron chi connectivity index (χ0n) is 28.9. The van der Waals surface area contributed by atoms with Crippen LogP contribution in [0.25, 0.3) is 0 Å². The third-order valence-corrected chi connectivity index (χ3v) is 11.2. The molecule has 0 aromatic rings. The molecular weight excluding hydrogens is 702 g/mol. The molecule has 0 aromatic heterocycles. The van der Waals surface area contributed by atoms with E-state index < -0.39 is 11.4 Å². The molecule has 1 radical (unpaired) electrons. The fourth-order valence-electron chi connectivity index (χ4n) is 4.11. The fraction of sp³-hybridized carbons (Fsp3) is 1.00. The maximum Gasteiger partial charge on any atom is 2.00 e. The molecule has 0 rings (SSSR count). The van der Waals surface area contributed by atoms with Crippen LogP contribution in [-0.2, 0) is 83.3 Å². The van der Waals surface area contributed by atoms with Crippen molar-refractivity contribution in [3.63, 3.8) is 0 Å². The van der Waals surface area contributed by atoms with Gasteiger partial charge in [0, 0.05) is 0 Å². The first-order valence-electron chi connectivity index (χ1n) is 16.9. The van der Waals surface area contributed by atoms with Crippen LogP contribution >= 0.6 is 11.4 Å². The fourth-order valence-corrected chi connectivity index (χ4v) is 7.45. The van der Waals surface area contributed by atoms with E-state index in [1.165, 1.54) is 77.0 Å². The summed E-state index contributed by atoms with van der Waals surface area (Å²) in [6.07, 6.45) is 19.1. The molecule has 11 heteroatoms. The molecule has 0 unspecified atom stereocenters. The second kappa shape index (κ2) is 32.9. The minimum Gasteiger partial charge on any atom is -0.691 e. The average Bonchev–Trinajstić information content (AvgIpc) is 2.87. The molecule has 4 nitrogen and oxygen atoms in total. The molecule has 0 spiro atoms. The Labute approximate surface area is 301 Å². The number of hydrogen-bond acceptors (Lipinski definition) is 8. The van der Waals surface area contributed by atoms with Gasteiger partial charge in [0.1, 0.15) is 0 Å². The predicted octanol–water partition coefficient (Wildman–Crippen LogP) is 12.4. The minimum atomic E-state index is -2.41. The van der Waals surface area contributed by atoms with Gasteiger partial charge >= 0.3 is 17.1 Å². The average molecular weight is 771 g/mol. The molecule has 0 atom stereocenters. The number of rotatable bonds is 28. The third-order valence-electron chi connectivity index (χ3n) is 6.70. The van der Waals surface area contributed by atoms with Crippen molar-refractivity contribution < 1.29 is 35.2 Å². The standard InChI is InChI=1S/2C16H35O2PS2.Cu/c2*1-15(2)11-7-5-9-13-17-19(20,21)18-14-10-6-8-12-16(3)4;/h2*15-16H,5-14H2,1-4H3,(H,20,21);/q;;+2/p-2. The van der Waals surface area contributed by atoms with Gasteiger partial charge in [0.2, 0.25) is 0 Å². The summed E-state index contributed by atoms with van der Waals surface area (Å²) in [5.74, 6) is 3.15. The van der Waals surface area contributed by atoms with Crippen LogP contribution in [0, 0.1) is 23.7 Å². The Morgan fingerprint density at radius 2 is 0.581 bits per heavy atom. The molecule has 0 aliphatic rings. The largest absolute Gasteiger partial charge is 2.00 e. The van der Waals surface area contributed by atoms with Crippen molar-refractivity contribution in [2.24, 2.45) is 23.7 Å². The Balaban J connectivity index is -0.000000727. The van der Waals surface area contributed by atoms with Crippen LogP contribution in [-0.4, -0.2) is 26.4 Å². The summed E-state index contributed by atoms with van der Waals surface area (Å²) in [7, 11) is 0. The Kier molecular flexibility index (Phi) is 38.0. The van der Waals surface area contributed by atoms with Crippen molar-refractivity contribution in [2.75, 3.05) is 26.4 Å². The second-order valence-electron chi connectivity index (χ2n) is 13.2. The summed E-state index contributed by atoms with van der Waals surface area (Å²) >= 11 is 21.1. The zero-order valence-corrected chi connectivity index (χ0v) is 34.9. The van der Waals surface area contributed by atoms with E-state index in [2.05, 4.69) is 55.4 Å². The molecule has 0 saturated heterocycles.